The maximum absolute atomic E-state index is 13.1. The molecule has 1 aliphatic carbocycles. The third kappa shape index (κ3) is 6.86. The molecule has 1 saturated carbocycles. The van der Waals surface area contributed by atoms with E-state index in [-0.39, 0.29) is 41.4 Å². The smallest absolute Gasteiger partial charge is 0.391 e. The number of hydrogen-bond acceptors (Lipinski definition) is 6. The average Bonchev–Trinajstić information content (AvgIpc) is 2.95. The molecule has 0 spiro atoms. The molecule has 7 nitrogen and oxygen atoms in total. The van der Waals surface area contributed by atoms with Crippen LogP contribution in [0.25, 0.3) is 0 Å². The number of nitrogens with zero attached hydrogens (tertiary/aromatic N) is 2. The number of carbonyl (C=O) groups excluding carboxylic acids is 1. The summed E-state index contributed by atoms with van der Waals surface area (Å²) in [5, 5.41) is 12.7. The Morgan fingerprint density at radius 3 is 2.45 bits per heavy atom. The minimum atomic E-state index is -4.10. The van der Waals surface area contributed by atoms with Crippen molar-refractivity contribution in [1.29, 1.82) is 0 Å². The van der Waals surface area contributed by atoms with Crippen LogP contribution in [0.4, 0.5) is 13.2 Å². The van der Waals surface area contributed by atoms with Gasteiger partial charge >= 0.3 is 6.18 Å². The summed E-state index contributed by atoms with van der Waals surface area (Å²) in [5.74, 6) is -1.33. The third-order valence-electron chi connectivity index (χ3n) is 8.41. The quantitative estimate of drug-likeness (QED) is 0.432. The molecule has 2 atom stereocenters. The van der Waals surface area contributed by atoms with Crippen LogP contribution in [0.3, 0.4) is 0 Å². The van der Waals surface area contributed by atoms with Crippen LogP contribution in [-0.4, -0.2) is 60.9 Å². The van der Waals surface area contributed by atoms with Gasteiger partial charge in [0.1, 0.15) is 0 Å². The van der Waals surface area contributed by atoms with E-state index in [2.05, 4.69) is 22.1 Å². The fourth-order valence-corrected chi connectivity index (χ4v) is 6.83. The van der Waals surface area contributed by atoms with Gasteiger partial charge in [0.15, 0.2) is 9.84 Å². The number of hydrogen-bond donors (Lipinski definition) is 2. The van der Waals surface area contributed by atoms with E-state index in [4.69, 9.17) is 0 Å². The Kier molecular flexibility index (Phi) is 9.57. The first kappa shape index (κ1) is 30.5. The molecule has 2 N–H and O–H groups in total. The second-order valence-electron chi connectivity index (χ2n) is 10.9. The van der Waals surface area contributed by atoms with Crippen molar-refractivity contribution in [3.8, 4) is 0 Å². The maximum Gasteiger partial charge on any atom is 0.391 e. The first-order valence-electron chi connectivity index (χ1n) is 14.0. The number of benzene rings is 1. The van der Waals surface area contributed by atoms with E-state index >= 15 is 0 Å². The lowest BCUT2D eigenvalue weighted by atomic mass is 9.80. The lowest BCUT2D eigenvalue weighted by Gasteiger charge is -2.40. The van der Waals surface area contributed by atoms with Gasteiger partial charge in [0.25, 0.3) is 5.91 Å². The number of carbonyl (C=O) groups is 1. The topological polar surface area (TPSA) is 99.6 Å². The van der Waals surface area contributed by atoms with E-state index < -0.39 is 34.6 Å². The summed E-state index contributed by atoms with van der Waals surface area (Å²) in [7, 11) is -3.41. The van der Waals surface area contributed by atoms with Crippen molar-refractivity contribution in [2.24, 2.45) is 11.8 Å². The van der Waals surface area contributed by atoms with E-state index in [1.807, 2.05) is 12.1 Å². The Morgan fingerprint density at radius 2 is 1.88 bits per heavy atom. The molecule has 40 heavy (non-hydrogen) atoms. The lowest BCUT2D eigenvalue weighted by molar-refractivity contribution is -0.184. The van der Waals surface area contributed by atoms with Crippen LogP contribution in [0, 0.1) is 11.8 Å². The summed E-state index contributed by atoms with van der Waals surface area (Å²) in [5.41, 5.74) is 3.03. The number of sulfone groups is 1. The molecule has 1 aromatic heterocycles. The van der Waals surface area contributed by atoms with Gasteiger partial charge in [0.05, 0.1) is 34.9 Å². The summed E-state index contributed by atoms with van der Waals surface area (Å²) in [6, 6.07) is 7.86. The van der Waals surface area contributed by atoms with Crippen LogP contribution in [0.5, 0.6) is 0 Å². The molecular formula is C29H38F3N3O4S. The molecule has 0 saturated heterocycles. The number of aliphatic hydroxyl groups excluding tert-OH is 1. The maximum atomic E-state index is 13.1. The third-order valence-corrected chi connectivity index (χ3v) is 10.1. The molecule has 1 fully saturated rings. The first-order chi connectivity index (χ1) is 19.0. The first-order valence-corrected chi connectivity index (χ1v) is 15.7. The number of fused-ring (bicyclic) bond motifs is 1. The van der Waals surface area contributed by atoms with Gasteiger partial charge in [-0.05, 0) is 79.8 Å². The predicted molar refractivity (Wildman–Crippen MR) is 146 cm³/mol. The molecule has 1 amide bonds. The van der Waals surface area contributed by atoms with Crippen molar-refractivity contribution in [2.75, 3.05) is 25.4 Å². The molecule has 2 heterocycles. The number of pyridine rings is 1. The molecule has 2 aliphatic rings. The minimum absolute atomic E-state index is 0.0495. The monoisotopic (exact) mass is 581 g/mol. The Balaban J connectivity index is 1.41. The lowest BCUT2D eigenvalue weighted by Crippen LogP contribution is -2.40. The number of nitrogens with one attached hydrogen (secondary N) is 1. The highest BCUT2D eigenvalue weighted by Gasteiger charge is 2.42. The zero-order chi connectivity index (χ0) is 29.1. The van der Waals surface area contributed by atoms with Gasteiger partial charge in [-0.15, -0.1) is 0 Å². The highest BCUT2D eigenvalue weighted by atomic mass is 32.2. The minimum Gasteiger partial charge on any atom is -0.394 e. The standard InChI is InChI=1S/C29H38F3N3O4S/c1-3-27-24-11-7-21(28(37)34-26(18-36)25-12-10-23(16-33-25)40(38,39)4-2)15-20(24)13-14-35(27)17-19-5-8-22(9-6-19)29(30,31)32/h7,10-12,15-16,19,22,26-27,36H,3-6,8-9,13-14,17-18H2,1-2H3,(H,34,37). The highest BCUT2D eigenvalue weighted by molar-refractivity contribution is 7.91. The summed E-state index contributed by atoms with van der Waals surface area (Å²) >= 11 is 0. The molecule has 220 valence electrons. The number of halogens is 3. The number of rotatable bonds is 9. The van der Waals surface area contributed by atoms with Crippen molar-refractivity contribution in [3.63, 3.8) is 0 Å². The summed E-state index contributed by atoms with van der Waals surface area (Å²) in [4.78, 5) is 19.7. The molecule has 1 aliphatic heterocycles. The van der Waals surface area contributed by atoms with E-state index in [9.17, 15) is 31.5 Å². The number of aliphatic hydroxyl groups is 1. The van der Waals surface area contributed by atoms with E-state index in [0.717, 1.165) is 37.1 Å². The Bertz CT molecular complexity index is 1280. The zero-order valence-electron chi connectivity index (χ0n) is 23.0. The summed E-state index contributed by atoms with van der Waals surface area (Å²) in [6.07, 6.45) is 0.353. The Labute approximate surface area is 234 Å². The van der Waals surface area contributed by atoms with Gasteiger partial charge < -0.3 is 10.4 Å². The Hall–Kier alpha value is -2.50. The summed E-state index contributed by atoms with van der Waals surface area (Å²) < 4.78 is 63.3. The highest BCUT2D eigenvalue weighted by Crippen LogP contribution is 2.41. The van der Waals surface area contributed by atoms with Crippen LogP contribution in [0.1, 0.15) is 85.2 Å². The van der Waals surface area contributed by atoms with Gasteiger partial charge in [-0.3, -0.25) is 14.7 Å². The molecule has 4 rings (SSSR count). The van der Waals surface area contributed by atoms with Crippen LogP contribution in [-0.2, 0) is 16.3 Å². The molecule has 1 aromatic carbocycles. The van der Waals surface area contributed by atoms with Crippen molar-refractivity contribution in [3.05, 3.63) is 58.9 Å². The zero-order valence-corrected chi connectivity index (χ0v) is 23.8. The normalized spacial score (nSPS) is 22.9. The molecule has 0 radical (unpaired) electrons. The van der Waals surface area contributed by atoms with Crippen molar-refractivity contribution in [1.82, 2.24) is 15.2 Å². The van der Waals surface area contributed by atoms with E-state index in [1.165, 1.54) is 18.3 Å². The van der Waals surface area contributed by atoms with Gasteiger partial charge in [-0.1, -0.05) is 19.9 Å². The van der Waals surface area contributed by atoms with Gasteiger partial charge in [0, 0.05) is 30.9 Å². The SMILES string of the molecule is CCC1c2ccc(C(=O)NC(CO)c3ccc(S(=O)(=O)CC)cn3)cc2CCN1CC1CCC(C(F)(F)F)CC1. The van der Waals surface area contributed by atoms with Crippen molar-refractivity contribution >= 4 is 15.7 Å². The van der Waals surface area contributed by atoms with Crippen LogP contribution in [0.2, 0.25) is 0 Å². The molecule has 0 bridgehead atoms. The van der Waals surface area contributed by atoms with Gasteiger partial charge in [-0.25, -0.2) is 8.42 Å². The molecule has 11 heteroatoms. The molecular weight excluding hydrogens is 543 g/mol. The molecule has 2 unspecified atom stereocenters. The fraction of sp³-hybridized carbons (Fsp3) is 0.586. The molecule has 2 aromatic rings. The van der Waals surface area contributed by atoms with Gasteiger partial charge in [-0.2, -0.15) is 13.2 Å². The van der Waals surface area contributed by atoms with Gasteiger partial charge in [0.2, 0.25) is 0 Å². The van der Waals surface area contributed by atoms with E-state index in [0.29, 0.717) is 24.1 Å². The predicted octanol–water partition coefficient (Wildman–Crippen LogP) is 5.02. The second-order valence-corrected chi connectivity index (χ2v) is 13.2. The number of aromatic nitrogens is 1. The largest absolute Gasteiger partial charge is 0.394 e. The van der Waals surface area contributed by atoms with E-state index in [1.54, 1.807) is 13.0 Å². The number of amides is 1. The van der Waals surface area contributed by atoms with Crippen LogP contribution >= 0.6 is 0 Å². The van der Waals surface area contributed by atoms with Crippen molar-refractivity contribution < 1.29 is 31.5 Å². The second kappa shape index (κ2) is 12.6. The Morgan fingerprint density at radius 1 is 1.15 bits per heavy atom. The average molecular weight is 582 g/mol. The number of alkyl halides is 3. The van der Waals surface area contributed by atoms with Crippen LogP contribution in [0.15, 0.2) is 41.4 Å². The summed E-state index contributed by atoms with van der Waals surface area (Å²) in [6.45, 7) is 4.82. The van der Waals surface area contributed by atoms with Crippen LogP contribution < -0.4 is 5.32 Å². The van der Waals surface area contributed by atoms with Crippen molar-refractivity contribution in [2.45, 2.75) is 75.5 Å². The fourth-order valence-electron chi connectivity index (χ4n) is 6.01.